The van der Waals surface area contributed by atoms with Crippen LogP contribution < -0.4 is 0 Å². The van der Waals surface area contributed by atoms with Crippen molar-refractivity contribution in [3.8, 4) is 11.1 Å². The largest absolute Gasteiger partial charge is 0.265 e. The molecule has 18 heavy (non-hydrogen) atoms. The zero-order valence-electron chi connectivity index (χ0n) is 10.1. The first-order chi connectivity index (χ1) is 8.56. The highest BCUT2D eigenvalue weighted by molar-refractivity contribution is 7.90. The van der Waals surface area contributed by atoms with Gasteiger partial charge >= 0.3 is 0 Å². The first-order valence-electron chi connectivity index (χ1n) is 5.58. The number of sulfone groups is 1. The Labute approximate surface area is 107 Å². The van der Waals surface area contributed by atoms with Crippen LogP contribution in [0.25, 0.3) is 11.1 Å². The van der Waals surface area contributed by atoms with Gasteiger partial charge in [0.05, 0.1) is 5.75 Å². The number of nitrogens with zero attached hydrogens (tertiary/aromatic N) is 2. The standard InChI is InChI=1S/C13H14N2O2S/c1-18(16,17)10-6-13-12(3-2-7-15-13)11-4-8-14-9-5-11/h2-5,7-9H,6,10H2,1H3. The van der Waals surface area contributed by atoms with Crippen molar-refractivity contribution >= 4 is 9.84 Å². The van der Waals surface area contributed by atoms with Gasteiger partial charge in [-0.05, 0) is 23.8 Å². The van der Waals surface area contributed by atoms with Crippen LogP contribution in [0.5, 0.6) is 0 Å². The fourth-order valence-corrected chi connectivity index (χ4v) is 2.28. The van der Waals surface area contributed by atoms with Crippen molar-refractivity contribution in [3.63, 3.8) is 0 Å². The highest BCUT2D eigenvalue weighted by Gasteiger charge is 2.09. The van der Waals surface area contributed by atoms with E-state index in [2.05, 4.69) is 9.97 Å². The van der Waals surface area contributed by atoms with Gasteiger partial charge in [0.1, 0.15) is 9.84 Å². The monoisotopic (exact) mass is 262 g/mol. The Morgan fingerprint density at radius 2 is 1.83 bits per heavy atom. The molecule has 0 bridgehead atoms. The molecule has 4 nitrogen and oxygen atoms in total. The molecule has 94 valence electrons. The number of hydrogen-bond donors (Lipinski definition) is 0. The minimum absolute atomic E-state index is 0.113. The summed E-state index contributed by atoms with van der Waals surface area (Å²) in [6.07, 6.45) is 6.77. The summed E-state index contributed by atoms with van der Waals surface area (Å²) in [5, 5.41) is 0. The predicted molar refractivity (Wildman–Crippen MR) is 70.9 cm³/mol. The minimum atomic E-state index is -2.97. The Morgan fingerprint density at radius 1 is 1.11 bits per heavy atom. The summed E-state index contributed by atoms with van der Waals surface area (Å²) >= 11 is 0. The van der Waals surface area contributed by atoms with Crippen LogP contribution in [0.2, 0.25) is 0 Å². The third-order valence-corrected chi connectivity index (χ3v) is 3.54. The van der Waals surface area contributed by atoms with Gasteiger partial charge in [0.25, 0.3) is 0 Å². The number of rotatable bonds is 4. The molecule has 0 saturated carbocycles. The molecule has 0 fully saturated rings. The van der Waals surface area contributed by atoms with Gasteiger partial charge in [-0.2, -0.15) is 0 Å². The fourth-order valence-electron chi connectivity index (χ4n) is 1.71. The molecule has 2 rings (SSSR count). The highest BCUT2D eigenvalue weighted by atomic mass is 32.2. The summed E-state index contributed by atoms with van der Waals surface area (Å²) in [5.41, 5.74) is 2.76. The zero-order chi connectivity index (χ0) is 13.0. The number of pyridine rings is 2. The summed E-state index contributed by atoms with van der Waals surface area (Å²) in [6, 6.07) is 7.57. The van der Waals surface area contributed by atoms with E-state index in [-0.39, 0.29) is 5.75 Å². The van der Waals surface area contributed by atoms with Crippen molar-refractivity contribution in [2.24, 2.45) is 0 Å². The lowest BCUT2D eigenvalue weighted by atomic mass is 10.0. The van der Waals surface area contributed by atoms with E-state index in [0.717, 1.165) is 16.8 Å². The van der Waals surface area contributed by atoms with E-state index < -0.39 is 9.84 Å². The first-order valence-corrected chi connectivity index (χ1v) is 7.64. The second-order valence-corrected chi connectivity index (χ2v) is 6.37. The molecule has 0 aliphatic carbocycles. The van der Waals surface area contributed by atoms with Gasteiger partial charge in [-0.1, -0.05) is 6.07 Å². The summed E-state index contributed by atoms with van der Waals surface area (Å²) in [4.78, 5) is 8.24. The van der Waals surface area contributed by atoms with E-state index in [4.69, 9.17) is 0 Å². The average Bonchev–Trinajstić information content (AvgIpc) is 2.37. The van der Waals surface area contributed by atoms with Crippen molar-refractivity contribution in [1.82, 2.24) is 9.97 Å². The van der Waals surface area contributed by atoms with Crippen LogP contribution in [-0.4, -0.2) is 30.4 Å². The maximum atomic E-state index is 11.2. The van der Waals surface area contributed by atoms with Crippen molar-refractivity contribution in [1.29, 1.82) is 0 Å². The van der Waals surface area contributed by atoms with Gasteiger partial charge in [0, 0.05) is 42.5 Å². The molecule has 0 unspecified atom stereocenters. The molecule has 0 saturated heterocycles. The molecule has 5 heteroatoms. The zero-order valence-corrected chi connectivity index (χ0v) is 10.9. The second-order valence-electron chi connectivity index (χ2n) is 4.11. The fraction of sp³-hybridized carbons (Fsp3) is 0.231. The Bertz CT molecular complexity index is 624. The number of hydrogen-bond acceptors (Lipinski definition) is 4. The average molecular weight is 262 g/mol. The minimum Gasteiger partial charge on any atom is -0.265 e. The van der Waals surface area contributed by atoms with E-state index >= 15 is 0 Å². The molecular formula is C13H14N2O2S. The Hall–Kier alpha value is -1.75. The van der Waals surface area contributed by atoms with Crippen LogP contribution in [0.15, 0.2) is 42.9 Å². The molecule has 0 aliphatic heterocycles. The third-order valence-electron chi connectivity index (χ3n) is 2.59. The molecule has 2 aromatic rings. The van der Waals surface area contributed by atoms with Gasteiger partial charge in [-0.25, -0.2) is 8.42 Å². The molecule has 0 amide bonds. The molecule has 0 aliphatic rings. The van der Waals surface area contributed by atoms with Crippen molar-refractivity contribution < 1.29 is 8.42 Å². The topological polar surface area (TPSA) is 59.9 Å². The Kier molecular flexibility index (Phi) is 3.72. The molecule has 0 radical (unpaired) electrons. The number of aromatic nitrogens is 2. The first kappa shape index (κ1) is 12.7. The van der Waals surface area contributed by atoms with Crippen LogP contribution in [0, 0.1) is 0 Å². The molecule has 0 N–H and O–H groups in total. The Morgan fingerprint density at radius 3 is 2.50 bits per heavy atom. The van der Waals surface area contributed by atoms with Crippen molar-refractivity contribution in [2.45, 2.75) is 6.42 Å². The van der Waals surface area contributed by atoms with Crippen LogP contribution >= 0.6 is 0 Å². The van der Waals surface area contributed by atoms with Crippen LogP contribution in [0.4, 0.5) is 0 Å². The lowest BCUT2D eigenvalue weighted by Gasteiger charge is -2.07. The molecule has 0 aromatic carbocycles. The van der Waals surface area contributed by atoms with E-state index in [1.165, 1.54) is 6.26 Å². The summed E-state index contributed by atoms with van der Waals surface area (Å²) in [6.45, 7) is 0. The number of aryl methyl sites for hydroxylation is 1. The normalized spacial score (nSPS) is 11.4. The smallest absolute Gasteiger partial charge is 0.147 e. The van der Waals surface area contributed by atoms with Gasteiger partial charge in [0.2, 0.25) is 0 Å². The Balaban J connectivity index is 2.32. The van der Waals surface area contributed by atoms with E-state index in [0.29, 0.717) is 6.42 Å². The molecule has 0 atom stereocenters. The molecule has 2 aromatic heterocycles. The van der Waals surface area contributed by atoms with E-state index in [1.807, 2.05) is 24.3 Å². The van der Waals surface area contributed by atoms with Crippen LogP contribution in [0.1, 0.15) is 5.69 Å². The molecular weight excluding hydrogens is 248 g/mol. The lowest BCUT2D eigenvalue weighted by Crippen LogP contribution is -2.07. The summed E-state index contributed by atoms with van der Waals surface area (Å²) < 4.78 is 22.4. The maximum absolute atomic E-state index is 11.2. The van der Waals surface area contributed by atoms with Gasteiger partial charge in [-0.15, -0.1) is 0 Å². The second kappa shape index (κ2) is 5.27. The predicted octanol–water partition coefficient (Wildman–Crippen LogP) is 1.73. The van der Waals surface area contributed by atoms with Crippen molar-refractivity contribution in [3.05, 3.63) is 48.5 Å². The van der Waals surface area contributed by atoms with E-state index in [1.54, 1.807) is 18.6 Å². The van der Waals surface area contributed by atoms with Gasteiger partial charge < -0.3 is 0 Å². The lowest BCUT2D eigenvalue weighted by molar-refractivity contribution is 0.601. The summed E-state index contributed by atoms with van der Waals surface area (Å²) in [7, 11) is -2.97. The van der Waals surface area contributed by atoms with Crippen LogP contribution in [-0.2, 0) is 16.3 Å². The van der Waals surface area contributed by atoms with E-state index in [9.17, 15) is 8.42 Å². The van der Waals surface area contributed by atoms with Crippen molar-refractivity contribution in [2.75, 3.05) is 12.0 Å². The summed E-state index contributed by atoms with van der Waals surface area (Å²) in [5.74, 6) is 0.113. The maximum Gasteiger partial charge on any atom is 0.147 e. The molecule has 2 heterocycles. The van der Waals surface area contributed by atoms with Gasteiger partial charge in [-0.3, -0.25) is 9.97 Å². The highest BCUT2D eigenvalue weighted by Crippen LogP contribution is 2.21. The molecule has 0 spiro atoms. The third kappa shape index (κ3) is 3.37. The SMILES string of the molecule is CS(=O)(=O)CCc1ncccc1-c1ccncc1. The quantitative estimate of drug-likeness (QED) is 0.842. The van der Waals surface area contributed by atoms with Crippen LogP contribution in [0.3, 0.4) is 0 Å². The van der Waals surface area contributed by atoms with Gasteiger partial charge in [0.15, 0.2) is 0 Å².